The Hall–Kier alpha value is -1.88. The molecule has 3 rings (SSSR count). The Morgan fingerprint density at radius 2 is 2.15 bits per heavy atom. The van der Waals surface area contributed by atoms with Gasteiger partial charge in [-0.2, -0.15) is 10.1 Å². The van der Waals surface area contributed by atoms with E-state index in [2.05, 4.69) is 46.6 Å². The number of nitrogens with two attached hydrogens (primary N) is 1. The van der Waals surface area contributed by atoms with Crippen molar-refractivity contribution in [3.8, 4) is 0 Å². The molecule has 1 aliphatic heterocycles. The van der Waals surface area contributed by atoms with Gasteiger partial charge in [-0.05, 0) is 25.5 Å². The number of fused-ring (bicyclic) bond motifs is 1. The van der Waals surface area contributed by atoms with Gasteiger partial charge in [0.1, 0.15) is 0 Å². The van der Waals surface area contributed by atoms with Crippen molar-refractivity contribution in [3.05, 3.63) is 41.2 Å². The zero-order chi connectivity index (χ0) is 13.9. The second-order valence-electron chi connectivity index (χ2n) is 5.41. The molecular formula is C15H21N5. The summed E-state index contributed by atoms with van der Waals surface area (Å²) < 4.78 is 1.99. The summed E-state index contributed by atoms with van der Waals surface area (Å²) in [6.07, 6.45) is 1.79. The van der Waals surface area contributed by atoms with Crippen molar-refractivity contribution in [3.63, 3.8) is 0 Å². The van der Waals surface area contributed by atoms with E-state index in [1.807, 2.05) is 4.68 Å². The van der Waals surface area contributed by atoms with Gasteiger partial charge in [0.2, 0.25) is 5.95 Å². The van der Waals surface area contributed by atoms with Crippen LogP contribution < -0.4 is 11.1 Å². The van der Waals surface area contributed by atoms with Gasteiger partial charge in [0.05, 0.1) is 6.54 Å². The molecule has 0 spiro atoms. The molecule has 0 bridgehead atoms. The van der Waals surface area contributed by atoms with Crippen LogP contribution in [0.25, 0.3) is 0 Å². The van der Waals surface area contributed by atoms with E-state index in [1.165, 1.54) is 11.1 Å². The van der Waals surface area contributed by atoms with Crippen molar-refractivity contribution in [1.29, 1.82) is 0 Å². The maximum atomic E-state index is 5.53. The van der Waals surface area contributed by atoms with Gasteiger partial charge in [0, 0.05) is 18.9 Å². The standard InChI is InChI=1S/C15H21N5/c1-11-4-6-12(7-5-11)13-9-17-15-18-14(3-2-8-16)19-20(15)10-13/h4-7,13H,2-3,8-10,16H2,1H3,(H,17,18,19). The Morgan fingerprint density at radius 1 is 1.35 bits per heavy atom. The van der Waals surface area contributed by atoms with Gasteiger partial charge in [-0.15, -0.1) is 0 Å². The first kappa shape index (κ1) is 13.1. The van der Waals surface area contributed by atoms with Crippen LogP contribution in [0.5, 0.6) is 0 Å². The first-order chi connectivity index (χ1) is 9.76. The number of nitrogens with one attached hydrogen (secondary N) is 1. The van der Waals surface area contributed by atoms with Gasteiger partial charge in [-0.3, -0.25) is 0 Å². The van der Waals surface area contributed by atoms with Crippen LogP contribution in [0.3, 0.4) is 0 Å². The molecule has 3 N–H and O–H groups in total. The molecular weight excluding hydrogens is 250 g/mol. The molecule has 1 aliphatic rings. The van der Waals surface area contributed by atoms with Crippen molar-refractivity contribution >= 4 is 5.95 Å². The zero-order valence-corrected chi connectivity index (χ0v) is 11.8. The van der Waals surface area contributed by atoms with Gasteiger partial charge < -0.3 is 11.1 Å². The summed E-state index contributed by atoms with van der Waals surface area (Å²) >= 11 is 0. The molecule has 0 saturated carbocycles. The number of anilines is 1. The highest BCUT2D eigenvalue weighted by atomic mass is 15.4. The third-order valence-electron chi connectivity index (χ3n) is 3.77. The molecule has 1 unspecified atom stereocenters. The Balaban J connectivity index is 1.74. The summed E-state index contributed by atoms with van der Waals surface area (Å²) in [7, 11) is 0. The summed E-state index contributed by atoms with van der Waals surface area (Å²) in [5.41, 5.74) is 8.18. The van der Waals surface area contributed by atoms with Crippen LogP contribution in [0.1, 0.15) is 29.3 Å². The average Bonchev–Trinajstić information content (AvgIpc) is 2.87. The van der Waals surface area contributed by atoms with Gasteiger partial charge in [0.25, 0.3) is 0 Å². The number of hydrogen-bond donors (Lipinski definition) is 2. The van der Waals surface area contributed by atoms with Crippen molar-refractivity contribution in [2.24, 2.45) is 5.73 Å². The Kier molecular flexibility index (Phi) is 3.69. The molecule has 1 atom stereocenters. The number of rotatable bonds is 4. The lowest BCUT2D eigenvalue weighted by molar-refractivity contribution is 0.500. The van der Waals surface area contributed by atoms with Crippen molar-refractivity contribution in [2.75, 3.05) is 18.4 Å². The highest BCUT2D eigenvalue weighted by molar-refractivity contribution is 5.33. The van der Waals surface area contributed by atoms with Gasteiger partial charge in [-0.25, -0.2) is 4.68 Å². The molecule has 20 heavy (non-hydrogen) atoms. The summed E-state index contributed by atoms with van der Waals surface area (Å²) in [6.45, 7) is 4.60. The fraction of sp³-hybridized carbons (Fsp3) is 0.467. The predicted octanol–water partition coefficient (Wildman–Crippen LogP) is 1.69. The van der Waals surface area contributed by atoms with Gasteiger partial charge in [-0.1, -0.05) is 29.8 Å². The molecule has 0 fully saturated rings. The molecule has 0 radical (unpaired) electrons. The normalized spacial score (nSPS) is 17.6. The number of aromatic nitrogens is 3. The SMILES string of the molecule is Cc1ccc(C2CNc3nc(CCCN)nn3C2)cc1. The molecule has 5 heteroatoms. The van der Waals surface area contributed by atoms with E-state index in [9.17, 15) is 0 Å². The smallest absolute Gasteiger partial charge is 0.221 e. The molecule has 0 amide bonds. The van der Waals surface area contributed by atoms with E-state index < -0.39 is 0 Å². The lowest BCUT2D eigenvalue weighted by Gasteiger charge is -2.24. The number of aryl methyl sites for hydroxylation is 2. The van der Waals surface area contributed by atoms with Crippen molar-refractivity contribution < 1.29 is 0 Å². The van der Waals surface area contributed by atoms with E-state index in [4.69, 9.17) is 5.73 Å². The summed E-state index contributed by atoms with van der Waals surface area (Å²) in [5.74, 6) is 2.23. The number of hydrogen-bond acceptors (Lipinski definition) is 4. The Labute approximate surface area is 119 Å². The maximum Gasteiger partial charge on any atom is 0.221 e. The topological polar surface area (TPSA) is 68.8 Å². The molecule has 1 aromatic carbocycles. The third-order valence-corrected chi connectivity index (χ3v) is 3.77. The Bertz CT molecular complexity index is 572. The van der Waals surface area contributed by atoms with Crippen LogP contribution in [0.15, 0.2) is 24.3 Å². The maximum absolute atomic E-state index is 5.53. The molecule has 5 nitrogen and oxygen atoms in total. The van der Waals surface area contributed by atoms with Gasteiger partial charge in [0.15, 0.2) is 5.82 Å². The molecule has 2 aromatic rings. The molecule has 2 heterocycles. The summed E-state index contributed by atoms with van der Waals surface area (Å²) in [5, 5.41) is 7.95. The fourth-order valence-electron chi connectivity index (χ4n) is 2.56. The lowest BCUT2D eigenvalue weighted by Crippen LogP contribution is -2.26. The van der Waals surface area contributed by atoms with Crippen LogP contribution in [0, 0.1) is 6.92 Å². The second-order valence-corrected chi connectivity index (χ2v) is 5.41. The van der Waals surface area contributed by atoms with E-state index >= 15 is 0 Å². The highest BCUT2D eigenvalue weighted by Gasteiger charge is 2.22. The van der Waals surface area contributed by atoms with E-state index in [1.54, 1.807) is 0 Å². The van der Waals surface area contributed by atoms with Gasteiger partial charge >= 0.3 is 0 Å². The van der Waals surface area contributed by atoms with Crippen LogP contribution in [-0.2, 0) is 13.0 Å². The molecule has 106 valence electrons. The molecule has 0 aliphatic carbocycles. The largest absolute Gasteiger partial charge is 0.354 e. The van der Waals surface area contributed by atoms with E-state index in [0.29, 0.717) is 12.5 Å². The monoisotopic (exact) mass is 271 g/mol. The second kappa shape index (κ2) is 5.63. The first-order valence-corrected chi connectivity index (χ1v) is 7.20. The molecule has 1 aromatic heterocycles. The molecule has 0 saturated heterocycles. The van der Waals surface area contributed by atoms with Crippen molar-refractivity contribution in [1.82, 2.24) is 14.8 Å². The van der Waals surface area contributed by atoms with E-state index in [0.717, 1.165) is 37.7 Å². The van der Waals surface area contributed by atoms with E-state index in [-0.39, 0.29) is 0 Å². The number of nitrogens with zero attached hydrogens (tertiary/aromatic N) is 3. The predicted molar refractivity (Wildman–Crippen MR) is 79.8 cm³/mol. The minimum Gasteiger partial charge on any atom is -0.354 e. The van der Waals surface area contributed by atoms with Crippen molar-refractivity contribution in [2.45, 2.75) is 32.2 Å². The van der Waals surface area contributed by atoms with Crippen LogP contribution in [0.2, 0.25) is 0 Å². The third kappa shape index (κ3) is 2.67. The van der Waals surface area contributed by atoms with Crippen LogP contribution in [0.4, 0.5) is 5.95 Å². The zero-order valence-electron chi connectivity index (χ0n) is 11.8. The lowest BCUT2D eigenvalue weighted by atomic mass is 9.97. The quantitative estimate of drug-likeness (QED) is 0.888. The fourth-order valence-corrected chi connectivity index (χ4v) is 2.56. The van der Waals surface area contributed by atoms with Crippen LogP contribution >= 0.6 is 0 Å². The minimum absolute atomic E-state index is 0.451. The highest BCUT2D eigenvalue weighted by Crippen LogP contribution is 2.24. The average molecular weight is 271 g/mol. The summed E-state index contributed by atoms with van der Waals surface area (Å²) in [6, 6.07) is 8.75. The Morgan fingerprint density at radius 3 is 2.90 bits per heavy atom. The number of benzene rings is 1. The minimum atomic E-state index is 0.451. The van der Waals surface area contributed by atoms with Crippen LogP contribution in [-0.4, -0.2) is 27.9 Å². The first-order valence-electron chi connectivity index (χ1n) is 7.20. The summed E-state index contributed by atoms with van der Waals surface area (Å²) in [4.78, 5) is 4.52.